The number of aliphatic hydroxyl groups is 1. The fourth-order valence-electron chi connectivity index (χ4n) is 2.39. The van der Waals surface area contributed by atoms with E-state index in [-0.39, 0.29) is 0 Å². The van der Waals surface area contributed by atoms with Gasteiger partial charge < -0.3 is 19.9 Å². The summed E-state index contributed by atoms with van der Waals surface area (Å²) < 4.78 is 10.9. The SMILES string of the molecule is CC(NCC(O)COCc1ccc(Cl)cc1)C1CCOC1. The third kappa shape index (κ3) is 5.93. The molecule has 0 bridgehead atoms. The molecule has 5 heteroatoms. The van der Waals surface area contributed by atoms with Crippen molar-refractivity contribution in [1.29, 1.82) is 0 Å². The summed E-state index contributed by atoms with van der Waals surface area (Å²) in [7, 11) is 0. The van der Waals surface area contributed by atoms with E-state index in [9.17, 15) is 5.11 Å². The summed E-state index contributed by atoms with van der Waals surface area (Å²) in [5, 5.41) is 14.0. The van der Waals surface area contributed by atoms with Crippen LogP contribution >= 0.6 is 11.6 Å². The molecule has 1 aliphatic heterocycles. The topological polar surface area (TPSA) is 50.7 Å². The fourth-order valence-corrected chi connectivity index (χ4v) is 2.51. The van der Waals surface area contributed by atoms with E-state index in [0.29, 0.717) is 36.7 Å². The maximum Gasteiger partial charge on any atom is 0.0897 e. The number of aliphatic hydroxyl groups excluding tert-OH is 1. The van der Waals surface area contributed by atoms with Gasteiger partial charge in [-0.15, -0.1) is 0 Å². The molecule has 1 saturated heterocycles. The third-order valence-corrected chi connectivity index (χ3v) is 4.09. The van der Waals surface area contributed by atoms with Crippen LogP contribution in [0.25, 0.3) is 0 Å². The molecule has 0 radical (unpaired) electrons. The van der Waals surface area contributed by atoms with Crippen LogP contribution in [0.1, 0.15) is 18.9 Å². The predicted molar refractivity (Wildman–Crippen MR) is 83.5 cm³/mol. The second-order valence-electron chi connectivity index (χ2n) is 5.62. The van der Waals surface area contributed by atoms with E-state index in [1.54, 1.807) is 0 Å². The van der Waals surface area contributed by atoms with Gasteiger partial charge in [0.2, 0.25) is 0 Å². The van der Waals surface area contributed by atoms with E-state index < -0.39 is 6.10 Å². The Labute approximate surface area is 131 Å². The molecular formula is C16H24ClNO3. The van der Waals surface area contributed by atoms with Crippen molar-refractivity contribution < 1.29 is 14.6 Å². The Morgan fingerprint density at radius 2 is 2.19 bits per heavy atom. The minimum atomic E-state index is -0.498. The largest absolute Gasteiger partial charge is 0.389 e. The summed E-state index contributed by atoms with van der Waals surface area (Å²) in [5.41, 5.74) is 1.05. The first kappa shape index (κ1) is 16.7. The normalized spacial score (nSPS) is 21.4. The minimum Gasteiger partial charge on any atom is -0.389 e. The first-order valence-electron chi connectivity index (χ1n) is 7.46. The van der Waals surface area contributed by atoms with Crippen LogP contribution in [0.2, 0.25) is 5.02 Å². The fraction of sp³-hybridized carbons (Fsp3) is 0.625. The summed E-state index contributed by atoms with van der Waals surface area (Å²) in [4.78, 5) is 0. The number of nitrogens with one attached hydrogen (secondary N) is 1. The van der Waals surface area contributed by atoms with Crippen molar-refractivity contribution in [2.75, 3.05) is 26.4 Å². The Balaban J connectivity index is 1.58. The van der Waals surface area contributed by atoms with Gasteiger partial charge in [-0.25, -0.2) is 0 Å². The third-order valence-electron chi connectivity index (χ3n) is 3.84. The molecule has 0 spiro atoms. The quantitative estimate of drug-likeness (QED) is 0.773. The van der Waals surface area contributed by atoms with Gasteiger partial charge in [0.1, 0.15) is 0 Å². The number of rotatable bonds is 8. The number of hydrogen-bond donors (Lipinski definition) is 2. The molecule has 1 fully saturated rings. The highest BCUT2D eigenvalue weighted by molar-refractivity contribution is 6.30. The van der Waals surface area contributed by atoms with E-state index in [2.05, 4.69) is 12.2 Å². The summed E-state index contributed by atoms with van der Waals surface area (Å²) in [5.74, 6) is 0.548. The van der Waals surface area contributed by atoms with Crippen molar-refractivity contribution in [2.24, 2.45) is 5.92 Å². The smallest absolute Gasteiger partial charge is 0.0897 e. The maximum absolute atomic E-state index is 9.92. The Morgan fingerprint density at radius 3 is 2.86 bits per heavy atom. The zero-order chi connectivity index (χ0) is 15.1. The molecule has 3 atom stereocenters. The van der Waals surface area contributed by atoms with Crippen molar-refractivity contribution in [3.8, 4) is 0 Å². The van der Waals surface area contributed by atoms with E-state index >= 15 is 0 Å². The lowest BCUT2D eigenvalue weighted by Gasteiger charge is -2.21. The van der Waals surface area contributed by atoms with Crippen molar-refractivity contribution in [1.82, 2.24) is 5.32 Å². The van der Waals surface area contributed by atoms with Gasteiger partial charge in [-0.2, -0.15) is 0 Å². The van der Waals surface area contributed by atoms with E-state index in [1.807, 2.05) is 24.3 Å². The lowest BCUT2D eigenvalue weighted by Crippen LogP contribution is -2.40. The highest BCUT2D eigenvalue weighted by atomic mass is 35.5. The molecule has 0 saturated carbocycles. The molecule has 0 aliphatic carbocycles. The van der Waals surface area contributed by atoms with Crippen LogP contribution in [0.15, 0.2) is 24.3 Å². The summed E-state index contributed by atoms with van der Waals surface area (Å²) in [6.45, 7) is 5.16. The van der Waals surface area contributed by atoms with Gasteiger partial charge in [-0.05, 0) is 37.0 Å². The molecule has 1 heterocycles. The molecule has 4 nitrogen and oxygen atoms in total. The molecule has 0 aromatic heterocycles. The van der Waals surface area contributed by atoms with Crippen LogP contribution in [0.4, 0.5) is 0 Å². The Hall–Kier alpha value is -0.650. The number of halogens is 1. The van der Waals surface area contributed by atoms with Gasteiger partial charge in [0.15, 0.2) is 0 Å². The molecule has 118 valence electrons. The lowest BCUT2D eigenvalue weighted by molar-refractivity contribution is 0.0268. The van der Waals surface area contributed by atoms with Gasteiger partial charge in [-0.1, -0.05) is 23.7 Å². The first-order chi connectivity index (χ1) is 10.1. The van der Waals surface area contributed by atoms with Gasteiger partial charge in [-0.3, -0.25) is 0 Å². The summed E-state index contributed by atoms with van der Waals surface area (Å²) >= 11 is 5.82. The zero-order valence-corrected chi connectivity index (χ0v) is 13.2. The molecule has 3 unspecified atom stereocenters. The second-order valence-corrected chi connectivity index (χ2v) is 6.05. The van der Waals surface area contributed by atoms with Crippen molar-refractivity contribution in [2.45, 2.75) is 32.1 Å². The molecule has 1 aromatic carbocycles. The minimum absolute atomic E-state index is 0.323. The monoisotopic (exact) mass is 313 g/mol. The average molecular weight is 314 g/mol. The highest BCUT2D eigenvalue weighted by Gasteiger charge is 2.22. The molecule has 1 aliphatic rings. The van der Waals surface area contributed by atoms with Crippen LogP contribution < -0.4 is 5.32 Å². The van der Waals surface area contributed by atoms with Crippen LogP contribution in [0.3, 0.4) is 0 Å². The summed E-state index contributed by atoms with van der Waals surface area (Å²) in [6, 6.07) is 7.88. The van der Waals surface area contributed by atoms with Gasteiger partial charge in [0, 0.05) is 24.2 Å². The predicted octanol–water partition coefficient (Wildman–Crippen LogP) is 2.23. The van der Waals surface area contributed by atoms with Crippen molar-refractivity contribution in [3.63, 3.8) is 0 Å². The molecule has 2 N–H and O–H groups in total. The Morgan fingerprint density at radius 1 is 1.43 bits per heavy atom. The highest BCUT2D eigenvalue weighted by Crippen LogP contribution is 2.16. The molecular weight excluding hydrogens is 290 g/mol. The Kier molecular flexibility index (Phi) is 6.93. The lowest BCUT2D eigenvalue weighted by atomic mass is 10.0. The van der Waals surface area contributed by atoms with Crippen LogP contribution in [-0.4, -0.2) is 43.6 Å². The van der Waals surface area contributed by atoms with E-state index in [1.165, 1.54) is 0 Å². The number of hydrogen-bond acceptors (Lipinski definition) is 4. The van der Waals surface area contributed by atoms with Crippen LogP contribution in [0, 0.1) is 5.92 Å². The Bertz CT molecular complexity index is 406. The molecule has 21 heavy (non-hydrogen) atoms. The van der Waals surface area contributed by atoms with Crippen molar-refractivity contribution in [3.05, 3.63) is 34.9 Å². The average Bonchev–Trinajstić information content (AvgIpc) is 3.01. The van der Waals surface area contributed by atoms with E-state index in [4.69, 9.17) is 21.1 Å². The summed E-state index contributed by atoms with van der Waals surface area (Å²) in [6.07, 6.45) is 0.596. The standard InChI is InChI=1S/C16H24ClNO3/c1-12(14-6-7-20-10-14)18-8-16(19)11-21-9-13-2-4-15(17)5-3-13/h2-5,12,14,16,18-19H,6-11H2,1H3. The van der Waals surface area contributed by atoms with Crippen LogP contribution in [-0.2, 0) is 16.1 Å². The number of benzene rings is 1. The van der Waals surface area contributed by atoms with E-state index in [0.717, 1.165) is 25.2 Å². The maximum atomic E-state index is 9.92. The van der Waals surface area contributed by atoms with Gasteiger partial charge in [0.25, 0.3) is 0 Å². The zero-order valence-electron chi connectivity index (χ0n) is 12.4. The molecule has 0 amide bonds. The first-order valence-corrected chi connectivity index (χ1v) is 7.84. The van der Waals surface area contributed by atoms with Crippen LogP contribution in [0.5, 0.6) is 0 Å². The molecule has 2 rings (SSSR count). The second kappa shape index (κ2) is 8.71. The van der Waals surface area contributed by atoms with Crippen molar-refractivity contribution >= 4 is 11.6 Å². The molecule has 1 aromatic rings. The number of ether oxygens (including phenoxy) is 2. The van der Waals surface area contributed by atoms with Gasteiger partial charge >= 0.3 is 0 Å². The van der Waals surface area contributed by atoms with Gasteiger partial charge in [0.05, 0.1) is 25.9 Å².